The summed E-state index contributed by atoms with van der Waals surface area (Å²) in [7, 11) is 1.54. The zero-order valence-electron chi connectivity index (χ0n) is 14.4. The number of aryl methyl sites for hydroxylation is 1. The Labute approximate surface area is 157 Å². The van der Waals surface area contributed by atoms with E-state index in [2.05, 4.69) is 15.6 Å². The third-order valence-corrected chi connectivity index (χ3v) is 4.02. The summed E-state index contributed by atoms with van der Waals surface area (Å²) in [5, 5.41) is 6.45. The lowest BCUT2D eigenvalue weighted by molar-refractivity contribution is 0.102. The molecule has 132 valence electrons. The van der Waals surface area contributed by atoms with Crippen molar-refractivity contribution >= 4 is 34.7 Å². The Balaban J connectivity index is 1.74. The van der Waals surface area contributed by atoms with Crippen LogP contribution in [0.25, 0.3) is 0 Å². The highest BCUT2D eigenvalue weighted by Gasteiger charge is 2.09. The molecule has 0 aliphatic carbocycles. The average molecular weight is 368 g/mol. The largest absolute Gasteiger partial charge is 0.495 e. The Morgan fingerprint density at radius 3 is 2.65 bits per heavy atom. The fourth-order valence-electron chi connectivity index (χ4n) is 2.46. The van der Waals surface area contributed by atoms with Gasteiger partial charge in [-0.15, -0.1) is 0 Å². The third kappa shape index (κ3) is 4.32. The lowest BCUT2D eigenvalue weighted by Crippen LogP contribution is -2.12. The SMILES string of the molecule is COc1ccc(NC(=O)c2ccnc(Nc3cccc(C)c3)c2)cc1Cl. The predicted octanol–water partition coefficient (Wildman–Crippen LogP) is 5.05. The second kappa shape index (κ2) is 7.89. The fraction of sp³-hybridized carbons (Fsp3) is 0.100. The minimum Gasteiger partial charge on any atom is -0.495 e. The van der Waals surface area contributed by atoms with E-state index < -0.39 is 0 Å². The number of halogens is 1. The number of hydrogen-bond acceptors (Lipinski definition) is 4. The molecule has 1 heterocycles. The molecule has 5 nitrogen and oxygen atoms in total. The smallest absolute Gasteiger partial charge is 0.255 e. The first-order valence-corrected chi connectivity index (χ1v) is 8.37. The summed E-state index contributed by atoms with van der Waals surface area (Å²) in [5.41, 5.74) is 3.13. The van der Waals surface area contributed by atoms with E-state index in [1.807, 2.05) is 31.2 Å². The second-order valence-electron chi connectivity index (χ2n) is 5.73. The van der Waals surface area contributed by atoms with Crippen molar-refractivity contribution in [3.63, 3.8) is 0 Å². The molecule has 26 heavy (non-hydrogen) atoms. The number of carbonyl (C=O) groups is 1. The molecular formula is C20H18ClN3O2. The van der Waals surface area contributed by atoms with Crippen LogP contribution in [0.5, 0.6) is 5.75 Å². The maximum absolute atomic E-state index is 12.5. The molecule has 0 bridgehead atoms. The number of methoxy groups -OCH3 is 1. The van der Waals surface area contributed by atoms with Crippen LogP contribution >= 0.6 is 11.6 Å². The average Bonchev–Trinajstić information content (AvgIpc) is 2.62. The van der Waals surface area contributed by atoms with Crippen LogP contribution in [0.4, 0.5) is 17.2 Å². The maximum Gasteiger partial charge on any atom is 0.255 e. The van der Waals surface area contributed by atoms with Gasteiger partial charge in [-0.3, -0.25) is 4.79 Å². The van der Waals surface area contributed by atoms with Crippen LogP contribution in [-0.4, -0.2) is 18.0 Å². The van der Waals surface area contributed by atoms with Crippen LogP contribution in [0.15, 0.2) is 60.8 Å². The normalized spacial score (nSPS) is 10.3. The highest BCUT2D eigenvalue weighted by molar-refractivity contribution is 6.32. The molecule has 1 aromatic heterocycles. The van der Waals surface area contributed by atoms with E-state index >= 15 is 0 Å². The molecule has 2 N–H and O–H groups in total. The number of aromatic nitrogens is 1. The molecule has 0 spiro atoms. The van der Waals surface area contributed by atoms with E-state index in [0.717, 1.165) is 11.3 Å². The first kappa shape index (κ1) is 17.8. The Hall–Kier alpha value is -3.05. The van der Waals surface area contributed by atoms with E-state index in [9.17, 15) is 4.79 Å². The molecule has 0 saturated carbocycles. The van der Waals surface area contributed by atoms with Crippen molar-refractivity contribution in [2.75, 3.05) is 17.7 Å². The van der Waals surface area contributed by atoms with Crippen LogP contribution < -0.4 is 15.4 Å². The number of rotatable bonds is 5. The molecule has 0 unspecified atom stereocenters. The Morgan fingerprint density at radius 2 is 1.92 bits per heavy atom. The third-order valence-electron chi connectivity index (χ3n) is 3.72. The molecular weight excluding hydrogens is 350 g/mol. The number of carbonyl (C=O) groups excluding carboxylic acids is 1. The molecule has 3 rings (SSSR count). The molecule has 0 aliphatic heterocycles. The van der Waals surface area contributed by atoms with Gasteiger partial charge in [-0.2, -0.15) is 0 Å². The molecule has 6 heteroatoms. The highest BCUT2D eigenvalue weighted by atomic mass is 35.5. The number of amides is 1. The van der Waals surface area contributed by atoms with E-state index in [0.29, 0.717) is 27.8 Å². The zero-order valence-corrected chi connectivity index (χ0v) is 15.2. The number of anilines is 3. The number of pyridine rings is 1. The summed E-state index contributed by atoms with van der Waals surface area (Å²) in [6.07, 6.45) is 1.59. The number of nitrogens with one attached hydrogen (secondary N) is 2. The van der Waals surface area contributed by atoms with Crippen LogP contribution in [0.1, 0.15) is 15.9 Å². The van der Waals surface area contributed by atoms with Crippen molar-refractivity contribution in [3.8, 4) is 5.75 Å². The van der Waals surface area contributed by atoms with E-state index in [1.54, 1.807) is 43.6 Å². The van der Waals surface area contributed by atoms with Gasteiger partial charge >= 0.3 is 0 Å². The zero-order chi connectivity index (χ0) is 18.5. The first-order chi connectivity index (χ1) is 12.5. The molecule has 0 saturated heterocycles. The van der Waals surface area contributed by atoms with Gasteiger partial charge in [0.05, 0.1) is 12.1 Å². The van der Waals surface area contributed by atoms with Gasteiger partial charge in [0.2, 0.25) is 0 Å². The Kier molecular flexibility index (Phi) is 5.39. The van der Waals surface area contributed by atoms with Gasteiger partial charge < -0.3 is 15.4 Å². The fourth-order valence-corrected chi connectivity index (χ4v) is 2.72. The topological polar surface area (TPSA) is 63.2 Å². The van der Waals surface area contributed by atoms with Crippen molar-refractivity contribution in [1.82, 2.24) is 4.98 Å². The molecule has 0 atom stereocenters. The van der Waals surface area contributed by atoms with Crippen LogP contribution in [0.3, 0.4) is 0 Å². The maximum atomic E-state index is 12.5. The lowest BCUT2D eigenvalue weighted by Gasteiger charge is -2.10. The molecule has 0 radical (unpaired) electrons. The second-order valence-corrected chi connectivity index (χ2v) is 6.13. The summed E-state index contributed by atoms with van der Waals surface area (Å²) >= 11 is 6.09. The monoisotopic (exact) mass is 367 g/mol. The predicted molar refractivity (Wildman–Crippen MR) is 105 cm³/mol. The van der Waals surface area contributed by atoms with E-state index in [1.165, 1.54) is 0 Å². The van der Waals surface area contributed by atoms with Gasteiger partial charge in [-0.25, -0.2) is 4.98 Å². The van der Waals surface area contributed by atoms with Crippen LogP contribution in [0.2, 0.25) is 5.02 Å². The number of ether oxygens (including phenoxy) is 1. The summed E-state index contributed by atoms with van der Waals surface area (Å²) in [6, 6.07) is 16.4. The van der Waals surface area contributed by atoms with Crippen molar-refractivity contribution in [3.05, 3.63) is 76.9 Å². The van der Waals surface area contributed by atoms with Gasteiger partial charge in [-0.05, 0) is 55.0 Å². The number of hydrogen-bond donors (Lipinski definition) is 2. The molecule has 3 aromatic rings. The van der Waals surface area contributed by atoms with Gasteiger partial charge in [-0.1, -0.05) is 23.7 Å². The number of nitrogens with zero attached hydrogens (tertiary/aromatic N) is 1. The lowest BCUT2D eigenvalue weighted by atomic mass is 10.2. The molecule has 0 aliphatic rings. The van der Waals surface area contributed by atoms with E-state index in [4.69, 9.17) is 16.3 Å². The van der Waals surface area contributed by atoms with Crippen molar-refractivity contribution < 1.29 is 9.53 Å². The summed E-state index contributed by atoms with van der Waals surface area (Å²) in [5.74, 6) is 0.898. The van der Waals surface area contributed by atoms with Crippen LogP contribution in [0, 0.1) is 6.92 Å². The highest BCUT2D eigenvalue weighted by Crippen LogP contribution is 2.27. The number of benzene rings is 2. The summed E-state index contributed by atoms with van der Waals surface area (Å²) in [4.78, 5) is 16.8. The van der Waals surface area contributed by atoms with Gasteiger partial charge in [0.25, 0.3) is 5.91 Å². The van der Waals surface area contributed by atoms with Crippen molar-refractivity contribution in [2.45, 2.75) is 6.92 Å². The van der Waals surface area contributed by atoms with Crippen molar-refractivity contribution in [1.29, 1.82) is 0 Å². The Morgan fingerprint density at radius 1 is 1.08 bits per heavy atom. The Bertz CT molecular complexity index is 944. The van der Waals surface area contributed by atoms with Crippen LogP contribution in [-0.2, 0) is 0 Å². The molecule has 2 aromatic carbocycles. The first-order valence-electron chi connectivity index (χ1n) is 8.00. The molecule has 0 fully saturated rings. The van der Waals surface area contributed by atoms with E-state index in [-0.39, 0.29) is 5.91 Å². The summed E-state index contributed by atoms with van der Waals surface area (Å²) in [6.45, 7) is 2.02. The van der Waals surface area contributed by atoms with Crippen molar-refractivity contribution in [2.24, 2.45) is 0 Å². The molecule has 1 amide bonds. The minimum absolute atomic E-state index is 0.249. The summed E-state index contributed by atoms with van der Waals surface area (Å²) < 4.78 is 5.11. The van der Waals surface area contributed by atoms with Gasteiger partial charge in [0.1, 0.15) is 11.6 Å². The standard InChI is InChI=1S/C20H18ClN3O2/c1-13-4-3-5-15(10-13)23-19-11-14(8-9-22-19)20(25)24-16-6-7-18(26-2)17(21)12-16/h3-12H,1-2H3,(H,22,23)(H,24,25). The van der Waals surface area contributed by atoms with Gasteiger partial charge in [0.15, 0.2) is 0 Å². The van der Waals surface area contributed by atoms with Gasteiger partial charge in [0, 0.05) is 23.1 Å². The quantitative estimate of drug-likeness (QED) is 0.662. The minimum atomic E-state index is -0.249.